The van der Waals surface area contributed by atoms with Crippen molar-refractivity contribution in [2.45, 2.75) is 11.8 Å². The highest BCUT2D eigenvalue weighted by Crippen LogP contribution is 2.15. The molecule has 0 unspecified atom stereocenters. The smallest absolute Gasteiger partial charge is 0.258 e. The Morgan fingerprint density at radius 1 is 1.22 bits per heavy atom. The molecule has 7 heteroatoms. The fourth-order valence-corrected chi connectivity index (χ4v) is 3.34. The van der Waals surface area contributed by atoms with Crippen LogP contribution in [0, 0.1) is 11.5 Å². The van der Waals surface area contributed by atoms with E-state index in [0.717, 1.165) is 10.5 Å². The molecule has 0 saturated heterocycles. The second-order valence-electron chi connectivity index (χ2n) is 5.76. The van der Waals surface area contributed by atoms with Crippen molar-refractivity contribution in [2.24, 2.45) is 0 Å². The largest absolute Gasteiger partial charge is 0.497 e. The Kier molecular flexibility index (Phi) is 7.71. The summed E-state index contributed by atoms with van der Waals surface area (Å²) in [7, 11) is 2.90. The van der Waals surface area contributed by atoms with E-state index >= 15 is 0 Å². The highest BCUT2D eigenvalue weighted by atomic mass is 32.2. The van der Waals surface area contributed by atoms with Gasteiger partial charge in [-0.25, -0.2) is 0 Å². The van der Waals surface area contributed by atoms with Gasteiger partial charge in [-0.1, -0.05) is 36.4 Å². The summed E-state index contributed by atoms with van der Waals surface area (Å²) >= 11 is 1.52. The van der Waals surface area contributed by atoms with Crippen LogP contribution in [0.4, 0.5) is 0 Å². The van der Waals surface area contributed by atoms with Gasteiger partial charge in [0.1, 0.15) is 11.8 Å². The molecule has 0 aromatic heterocycles. The lowest BCUT2D eigenvalue weighted by Gasteiger charge is -2.20. The minimum atomic E-state index is -0.804. The van der Waals surface area contributed by atoms with E-state index in [0.29, 0.717) is 22.8 Å². The summed E-state index contributed by atoms with van der Waals surface area (Å²) in [6.07, 6.45) is 1.79. The molecule has 0 aliphatic carbocycles. The van der Waals surface area contributed by atoms with Crippen molar-refractivity contribution in [1.82, 2.24) is 10.2 Å². The van der Waals surface area contributed by atoms with Gasteiger partial charge in [0.2, 0.25) is 0 Å². The average molecular weight is 383 g/mol. The molecule has 0 radical (unpaired) electrons. The van der Waals surface area contributed by atoms with Crippen molar-refractivity contribution in [3.63, 3.8) is 0 Å². The molecule has 2 aromatic carbocycles. The number of carbonyl (C=O) groups is 2. The van der Waals surface area contributed by atoms with Crippen molar-refractivity contribution in [3.8, 4) is 11.9 Å². The van der Waals surface area contributed by atoms with Gasteiger partial charge >= 0.3 is 0 Å². The van der Waals surface area contributed by atoms with E-state index in [2.05, 4.69) is 5.32 Å². The van der Waals surface area contributed by atoms with Gasteiger partial charge in [0.25, 0.3) is 11.8 Å². The summed E-state index contributed by atoms with van der Waals surface area (Å²) in [6.45, 7) is 0. The monoisotopic (exact) mass is 383 g/mol. The third-order valence-corrected chi connectivity index (χ3v) is 4.92. The van der Waals surface area contributed by atoms with E-state index in [1.165, 1.54) is 25.9 Å². The lowest BCUT2D eigenvalue weighted by molar-refractivity contribution is -0.128. The molecule has 0 fully saturated rings. The summed E-state index contributed by atoms with van der Waals surface area (Å²) in [5.41, 5.74) is 1.52. The van der Waals surface area contributed by atoms with Gasteiger partial charge < -0.3 is 10.1 Å². The molecule has 0 heterocycles. The number of likely N-dealkylation sites (N-methyl/N-ethyl adjacent to an activating group) is 1. The van der Waals surface area contributed by atoms with Crippen LogP contribution in [-0.2, 0) is 10.5 Å². The van der Waals surface area contributed by atoms with Crippen LogP contribution in [0.3, 0.4) is 0 Å². The molecule has 6 nitrogen and oxygen atoms in total. The molecule has 2 amide bonds. The normalized spacial score (nSPS) is 11.1. The third kappa shape index (κ3) is 6.04. The predicted octanol–water partition coefficient (Wildman–Crippen LogP) is 2.67. The summed E-state index contributed by atoms with van der Waals surface area (Å²) in [4.78, 5) is 25.9. The van der Waals surface area contributed by atoms with Crippen LogP contribution >= 0.6 is 11.8 Å². The maximum Gasteiger partial charge on any atom is 0.258 e. The fraction of sp³-hybridized carbons (Fsp3) is 0.250. The Labute approximate surface area is 163 Å². The van der Waals surface area contributed by atoms with Crippen LogP contribution in [0.5, 0.6) is 5.75 Å². The van der Waals surface area contributed by atoms with Gasteiger partial charge in [0.05, 0.1) is 7.11 Å². The topological polar surface area (TPSA) is 82.4 Å². The minimum Gasteiger partial charge on any atom is -0.497 e. The summed E-state index contributed by atoms with van der Waals surface area (Å²) < 4.78 is 5.12. The Morgan fingerprint density at radius 2 is 1.96 bits per heavy atom. The van der Waals surface area contributed by atoms with Gasteiger partial charge in [-0.2, -0.15) is 17.0 Å². The van der Waals surface area contributed by atoms with Crippen LogP contribution in [-0.4, -0.2) is 42.7 Å². The molecule has 2 aromatic rings. The maximum atomic E-state index is 12.5. The van der Waals surface area contributed by atoms with Gasteiger partial charge in [-0.05, 0) is 23.8 Å². The molecule has 140 valence electrons. The molecule has 2 rings (SSSR count). The maximum absolute atomic E-state index is 12.5. The average Bonchev–Trinajstić information content (AvgIpc) is 2.72. The second kappa shape index (κ2) is 10.2. The predicted molar refractivity (Wildman–Crippen MR) is 105 cm³/mol. The molecule has 0 bridgehead atoms. The van der Waals surface area contributed by atoms with Gasteiger partial charge in [0, 0.05) is 24.1 Å². The lowest BCUT2D eigenvalue weighted by Crippen LogP contribution is -2.47. The SMILES string of the molecule is COc1cccc(C(=O)N[C@@H](CSCc2ccccc2)C(=O)N(C)C#N)c1. The first kappa shape index (κ1) is 20.3. The van der Waals surface area contributed by atoms with E-state index < -0.39 is 11.9 Å². The number of rotatable bonds is 8. The van der Waals surface area contributed by atoms with E-state index in [4.69, 9.17) is 10.00 Å². The second-order valence-corrected chi connectivity index (χ2v) is 6.79. The Hall–Kier alpha value is -2.98. The zero-order valence-electron chi connectivity index (χ0n) is 15.2. The Morgan fingerprint density at radius 3 is 2.63 bits per heavy atom. The lowest BCUT2D eigenvalue weighted by atomic mass is 10.2. The number of hydrogen-bond acceptors (Lipinski definition) is 5. The highest BCUT2D eigenvalue weighted by Gasteiger charge is 2.24. The van der Waals surface area contributed by atoms with Crippen LogP contribution in [0.25, 0.3) is 0 Å². The quantitative estimate of drug-likeness (QED) is 0.560. The van der Waals surface area contributed by atoms with E-state index in [-0.39, 0.29) is 5.91 Å². The van der Waals surface area contributed by atoms with Crippen molar-refractivity contribution in [1.29, 1.82) is 5.26 Å². The van der Waals surface area contributed by atoms with Crippen molar-refractivity contribution in [3.05, 3.63) is 65.7 Å². The molecule has 0 saturated carbocycles. The van der Waals surface area contributed by atoms with Crippen molar-refractivity contribution < 1.29 is 14.3 Å². The number of thioether (sulfide) groups is 1. The summed E-state index contributed by atoms with van der Waals surface area (Å²) in [5.74, 6) is 0.775. The molecule has 0 spiro atoms. The van der Waals surface area contributed by atoms with Crippen LogP contribution in [0.1, 0.15) is 15.9 Å². The van der Waals surface area contributed by atoms with Crippen LogP contribution < -0.4 is 10.1 Å². The summed E-state index contributed by atoms with van der Waals surface area (Å²) in [6, 6.07) is 15.7. The van der Waals surface area contributed by atoms with Crippen LogP contribution in [0.2, 0.25) is 0 Å². The van der Waals surface area contributed by atoms with Gasteiger partial charge in [-0.15, -0.1) is 0 Å². The molecule has 27 heavy (non-hydrogen) atoms. The first-order chi connectivity index (χ1) is 13.0. The van der Waals surface area contributed by atoms with E-state index in [9.17, 15) is 9.59 Å². The first-order valence-corrected chi connectivity index (χ1v) is 9.44. The number of nitrogens with zero attached hydrogens (tertiary/aromatic N) is 2. The van der Waals surface area contributed by atoms with Crippen molar-refractivity contribution >= 4 is 23.6 Å². The highest BCUT2D eigenvalue weighted by molar-refractivity contribution is 7.98. The number of ether oxygens (including phenoxy) is 1. The van der Waals surface area contributed by atoms with Gasteiger partial charge in [-0.3, -0.25) is 14.5 Å². The third-order valence-electron chi connectivity index (χ3n) is 3.81. The zero-order chi connectivity index (χ0) is 19.6. The van der Waals surface area contributed by atoms with Crippen LogP contribution in [0.15, 0.2) is 54.6 Å². The number of methoxy groups -OCH3 is 1. The summed E-state index contributed by atoms with van der Waals surface area (Å²) in [5, 5.41) is 11.7. The standard InChI is InChI=1S/C20H21N3O3S/c1-23(14-21)20(25)18(13-27-12-15-7-4-3-5-8-15)22-19(24)16-9-6-10-17(11-16)26-2/h3-11,18H,12-13H2,1-2H3,(H,22,24)/t18-/m0/s1. The molecule has 1 N–H and O–H groups in total. The number of carbonyl (C=O) groups excluding carboxylic acids is 2. The fourth-order valence-electron chi connectivity index (χ4n) is 2.33. The molecule has 0 aliphatic rings. The first-order valence-electron chi connectivity index (χ1n) is 8.29. The Bertz CT molecular complexity index is 821. The minimum absolute atomic E-state index is 0.357. The number of amides is 2. The molecular weight excluding hydrogens is 362 g/mol. The molecular formula is C20H21N3O3S. The Balaban J connectivity index is 2.06. The van der Waals surface area contributed by atoms with Crippen molar-refractivity contribution in [2.75, 3.05) is 19.9 Å². The van der Waals surface area contributed by atoms with E-state index in [1.54, 1.807) is 30.5 Å². The molecule has 1 atom stereocenters. The number of nitriles is 1. The van der Waals surface area contributed by atoms with E-state index in [1.807, 2.05) is 30.3 Å². The number of hydrogen-bond donors (Lipinski definition) is 1. The number of benzene rings is 2. The number of nitrogens with one attached hydrogen (secondary N) is 1. The zero-order valence-corrected chi connectivity index (χ0v) is 16.0. The molecule has 0 aliphatic heterocycles. The van der Waals surface area contributed by atoms with Gasteiger partial charge in [0.15, 0.2) is 6.19 Å².